The van der Waals surface area contributed by atoms with Crippen LogP contribution in [0.1, 0.15) is 18.1 Å². The van der Waals surface area contributed by atoms with Crippen LogP contribution in [-0.2, 0) is 9.53 Å². The van der Waals surface area contributed by atoms with Crippen molar-refractivity contribution in [2.45, 2.75) is 11.8 Å². The second-order valence-corrected chi connectivity index (χ2v) is 7.31. The molecule has 0 bridgehead atoms. The van der Waals surface area contributed by atoms with Gasteiger partial charge in [-0.05, 0) is 47.9 Å². The number of carbonyl (C=O) groups is 1. The van der Waals surface area contributed by atoms with Crippen molar-refractivity contribution in [1.82, 2.24) is 0 Å². The minimum atomic E-state index is -0.419. The average molecular weight is 405 g/mol. The van der Waals surface area contributed by atoms with Gasteiger partial charge in [0.05, 0.1) is 4.91 Å². The molecule has 0 N–H and O–H groups in total. The van der Waals surface area contributed by atoms with Crippen molar-refractivity contribution in [1.29, 1.82) is 0 Å². The van der Waals surface area contributed by atoms with Gasteiger partial charge in [-0.15, -0.1) is 0 Å². The van der Waals surface area contributed by atoms with Crippen molar-refractivity contribution in [3.8, 4) is 11.8 Å². The van der Waals surface area contributed by atoms with Crippen LogP contribution in [0.2, 0.25) is 5.02 Å². The Bertz CT molecular complexity index is 1030. The van der Waals surface area contributed by atoms with E-state index in [1.807, 2.05) is 72.8 Å². The maximum Gasteiger partial charge on any atom is 0.308 e. The van der Waals surface area contributed by atoms with Crippen LogP contribution < -0.4 is 0 Å². The van der Waals surface area contributed by atoms with Crippen LogP contribution >= 0.6 is 23.4 Å². The number of hydrogen-bond donors (Lipinski definition) is 0. The lowest BCUT2D eigenvalue weighted by molar-refractivity contribution is -0.136. The fourth-order valence-corrected chi connectivity index (χ4v) is 3.46. The first-order chi connectivity index (χ1) is 13.6. The molecule has 0 amide bonds. The highest BCUT2D eigenvalue weighted by molar-refractivity contribution is 8.08. The van der Waals surface area contributed by atoms with Crippen LogP contribution in [0.3, 0.4) is 0 Å². The van der Waals surface area contributed by atoms with Gasteiger partial charge in [0.1, 0.15) is 0 Å². The van der Waals surface area contributed by atoms with Crippen molar-refractivity contribution in [2.24, 2.45) is 0 Å². The second-order valence-electron chi connectivity index (χ2n) is 5.79. The summed E-state index contributed by atoms with van der Waals surface area (Å²) in [6.45, 7) is 1.37. The minimum absolute atomic E-state index is 0.313. The maximum absolute atomic E-state index is 11.8. The highest BCUT2D eigenvalue weighted by Gasteiger charge is 2.14. The standard InChI is InChI=1S/C24H17ClO2S/c1-18(26)27-23(17-12-19-8-4-2-5-9-19)24(20-13-15-21(25)16-14-20)28-22-10-6-3-7-11-22/h2-11,13-16H,1H3/b24-23-. The van der Waals surface area contributed by atoms with E-state index in [1.165, 1.54) is 18.7 Å². The molecule has 2 nitrogen and oxygen atoms in total. The van der Waals surface area contributed by atoms with Crippen LogP contribution in [-0.4, -0.2) is 5.97 Å². The fraction of sp³-hybridized carbons (Fsp3) is 0.0417. The molecule has 0 aliphatic carbocycles. The summed E-state index contributed by atoms with van der Waals surface area (Å²) < 4.78 is 5.50. The van der Waals surface area contributed by atoms with Gasteiger partial charge < -0.3 is 4.74 Å². The van der Waals surface area contributed by atoms with Crippen molar-refractivity contribution < 1.29 is 9.53 Å². The predicted molar refractivity (Wildman–Crippen MR) is 116 cm³/mol. The number of benzene rings is 3. The molecule has 0 aliphatic heterocycles. The first-order valence-electron chi connectivity index (χ1n) is 8.60. The van der Waals surface area contributed by atoms with E-state index in [0.717, 1.165) is 20.9 Å². The van der Waals surface area contributed by atoms with Gasteiger partial charge in [-0.1, -0.05) is 77.8 Å². The molecular weight excluding hydrogens is 388 g/mol. The number of rotatable bonds is 4. The Morgan fingerprint density at radius 1 is 0.893 bits per heavy atom. The molecule has 0 saturated carbocycles. The number of ether oxygens (including phenoxy) is 1. The van der Waals surface area contributed by atoms with E-state index in [4.69, 9.17) is 16.3 Å². The minimum Gasteiger partial charge on any atom is -0.416 e. The fourth-order valence-electron chi connectivity index (χ4n) is 2.37. The predicted octanol–water partition coefficient (Wildman–Crippen LogP) is 6.42. The van der Waals surface area contributed by atoms with Crippen molar-refractivity contribution in [3.05, 3.63) is 107 Å². The van der Waals surface area contributed by atoms with Gasteiger partial charge in [0.15, 0.2) is 5.76 Å². The number of hydrogen-bond acceptors (Lipinski definition) is 3. The van der Waals surface area contributed by atoms with Gasteiger partial charge in [0.2, 0.25) is 0 Å². The SMILES string of the molecule is CC(=O)O/C(C#Cc1ccccc1)=C(\Sc1ccccc1)c1ccc(Cl)cc1. The van der Waals surface area contributed by atoms with Crippen molar-refractivity contribution >= 4 is 34.2 Å². The van der Waals surface area contributed by atoms with Crippen LogP contribution in [0, 0.1) is 11.8 Å². The van der Waals surface area contributed by atoms with Gasteiger partial charge in [-0.3, -0.25) is 4.79 Å². The van der Waals surface area contributed by atoms with Gasteiger partial charge in [-0.2, -0.15) is 0 Å². The molecule has 3 rings (SSSR count). The third kappa shape index (κ3) is 5.79. The topological polar surface area (TPSA) is 26.3 Å². The Morgan fingerprint density at radius 2 is 1.50 bits per heavy atom. The second kappa shape index (κ2) is 9.85. The molecule has 0 aromatic heterocycles. The number of esters is 1. The molecule has 3 aromatic carbocycles. The van der Waals surface area contributed by atoms with Gasteiger partial charge in [0.25, 0.3) is 0 Å². The van der Waals surface area contributed by atoms with Gasteiger partial charge in [0, 0.05) is 22.4 Å². The summed E-state index contributed by atoms with van der Waals surface area (Å²) in [5, 5.41) is 0.636. The number of carbonyl (C=O) groups excluding carboxylic acids is 1. The summed E-state index contributed by atoms with van der Waals surface area (Å²) in [6, 6.07) is 26.8. The third-order valence-corrected chi connectivity index (χ3v) is 5.00. The van der Waals surface area contributed by atoms with Crippen LogP contribution in [0.4, 0.5) is 0 Å². The molecule has 3 aromatic rings. The Hall–Kier alpha value is -2.93. The number of thioether (sulfide) groups is 1. The lowest BCUT2D eigenvalue weighted by atomic mass is 10.2. The Kier molecular flexibility index (Phi) is 6.97. The molecule has 0 heterocycles. The lowest BCUT2D eigenvalue weighted by Crippen LogP contribution is -2.00. The smallest absolute Gasteiger partial charge is 0.308 e. The Labute approximate surface area is 174 Å². The lowest BCUT2D eigenvalue weighted by Gasteiger charge is -2.11. The summed E-state index contributed by atoms with van der Waals surface area (Å²) in [5.74, 6) is 6.00. The zero-order valence-corrected chi connectivity index (χ0v) is 16.8. The molecule has 0 unspecified atom stereocenters. The van der Waals surface area contributed by atoms with Crippen molar-refractivity contribution in [3.63, 3.8) is 0 Å². The molecule has 0 radical (unpaired) electrons. The van der Waals surface area contributed by atoms with Crippen molar-refractivity contribution in [2.75, 3.05) is 0 Å². The van der Waals surface area contributed by atoms with E-state index in [9.17, 15) is 4.79 Å². The Balaban J connectivity index is 2.12. The first kappa shape index (κ1) is 19.8. The van der Waals surface area contributed by atoms with E-state index >= 15 is 0 Å². The van der Waals surface area contributed by atoms with E-state index in [2.05, 4.69) is 11.8 Å². The molecule has 28 heavy (non-hydrogen) atoms. The highest BCUT2D eigenvalue weighted by atomic mass is 35.5. The summed E-state index contributed by atoms with van der Waals surface area (Å²) in [7, 11) is 0. The van der Waals surface area contributed by atoms with Gasteiger partial charge >= 0.3 is 5.97 Å². The quantitative estimate of drug-likeness (QED) is 0.217. The third-order valence-electron chi connectivity index (χ3n) is 3.62. The number of halogens is 1. The molecule has 0 fully saturated rings. The van der Waals surface area contributed by atoms with E-state index in [1.54, 1.807) is 12.1 Å². The van der Waals surface area contributed by atoms with E-state index in [0.29, 0.717) is 10.8 Å². The molecule has 0 aliphatic rings. The first-order valence-corrected chi connectivity index (χ1v) is 9.80. The molecule has 138 valence electrons. The van der Waals surface area contributed by atoms with Crippen LogP contribution in [0.5, 0.6) is 0 Å². The average Bonchev–Trinajstić information content (AvgIpc) is 2.71. The summed E-state index contributed by atoms with van der Waals surface area (Å²) in [4.78, 5) is 13.5. The zero-order valence-electron chi connectivity index (χ0n) is 15.2. The largest absolute Gasteiger partial charge is 0.416 e. The van der Waals surface area contributed by atoms with Crippen LogP contribution in [0.15, 0.2) is 95.6 Å². The van der Waals surface area contributed by atoms with E-state index < -0.39 is 5.97 Å². The summed E-state index contributed by atoms with van der Waals surface area (Å²) in [6.07, 6.45) is 0. The normalized spacial score (nSPS) is 11.1. The zero-order chi connectivity index (χ0) is 19.8. The Morgan fingerprint density at radius 3 is 2.11 bits per heavy atom. The molecule has 0 atom stereocenters. The van der Waals surface area contributed by atoms with Crippen LogP contribution in [0.25, 0.3) is 4.91 Å². The van der Waals surface area contributed by atoms with E-state index in [-0.39, 0.29) is 0 Å². The molecule has 0 saturated heterocycles. The molecule has 0 spiro atoms. The monoisotopic (exact) mass is 404 g/mol. The maximum atomic E-state index is 11.8. The van der Waals surface area contributed by atoms with Gasteiger partial charge in [-0.25, -0.2) is 0 Å². The summed E-state index contributed by atoms with van der Waals surface area (Å²) >= 11 is 7.54. The highest BCUT2D eigenvalue weighted by Crippen LogP contribution is 2.37. The number of allylic oxidation sites excluding steroid dienone is 1. The molecule has 4 heteroatoms. The summed E-state index contributed by atoms with van der Waals surface area (Å²) in [5.41, 5.74) is 1.71. The molecular formula is C24H17ClO2S.